The standard InChI is InChI=1S/C13H13FN2O3/c14-11-4-2-1-3-10(11)8-16-13(19)9(7-15-16)5-6-12(17)18/h1-4,7,15H,5-6,8H2,(H,17,18). The van der Waals surface area contributed by atoms with Crippen molar-refractivity contribution < 1.29 is 14.3 Å². The summed E-state index contributed by atoms with van der Waals surface area (Å²) in [6.07, 6.45) is 1.52. The summed E-state index contributed by atoms with van der Waals surface area (Å²) in [7, 11) is 0. The number of H-pyrrole nitrogens is 1. The molecule has 2 rings (SSSR count). The number of nitrogens with zero attached hydrogens (tertiary/aromatic N) is 1. The fraction of sp³-hybridized carbons (Fsp3) is 0.231. The Kier molecular flexibility index (Phi) is 3.79. The minimum atomic E-state index is -0.957. The second-order valence-corrected chi connectivity index (χ2v) is 4.18. The Hall–Kier alpha value is -2.37. The lowest BCUT2D eigenvalue weighted by Gasteiger charge is -2.03. The van der Waals surface area contributed by atoms with Crippen LogP contribution in [0.25, 0.3) is 0 Å². The summed E-state index contributed by atoms with van der Waals surface area (Å²) >= 11 is 0. The summed E-state index contributed by atoms with van der Waals surface area (Å²) in [4.78, 5) is 22.4. The van der Waals surface area contributed by atoms with Crippen molar-refractivity contribution in [1.82, 2.24) is 9.78 Å². The number of aromatic nitrogens is 2. The molecule has 0 aliphatic carbocycles. The molecule has 0 spiro atoms. The van der Waals surface area contributed by atoms with E-state index in [1.54, 1.807) is 18.2 Å². The van der Waals surface area contributed by atoms with Gasteiger partial charge in [-0.05, 0) is 12.5 Å². The lowest BCUT2D eigenvalue weighted by molar-refractivity contribution is -0.136. The predicted octanol–water partition coefficient (Wildman–Crippen LogP) is 1.38. The quantitative estimate of drug-likeness (QED) is 0.856. The first-order valence-corrected chi connectivity index (χ1v) is 5.80. The number of nitrogens with one attached hydrogen (secondary N) is 1. The lowest BCUT2D eigenvalue weighted by Crippen LogP contribution is -2.20. The second-order valence-electron chi connectivity index (χ2n) is 4.18. The molecule has 0 fully saturated rings. The monoisotopic (exact) mass is 264 g/mol. The van der Waals surface area contributed by atoms with Crippen LogP contribution in [0.4, 0.5) is 4.39 Å². The summed E-state index contributed by atoms with van der Waals surface area (Å²) in [6, 6.07) is 6.19. The van der Waals surface area contributed by atoms with Gasteiger partial charge in [-0.2, -0.15) is 0 Å². The van der Waals surface area contributed by atoms with Crippen molar-refractivity contribution in [2.24, 2.45) is 0 Å². The molecule has 0 amide bonds. The molecule has 19 heavy (non-hydrogen) atoms. The van der Waals surface area contributed by atoms with Crippen LogP contribution in [0.5, 0.6) is 0 Å². The number of aryl methyl sites for hydroxylation is 1. The molecule has 2 aromatic rings. The van der Waals surface area contributed by atoms with E-state index < -0.39 is 5.97 Å². The predicted molar refractivity (Wildman–Crippen MR) is 66.5 cm³/mol. The van der Waals surface area contributed by atoms with Gasteiger partial charge >= 0.3 is 5.97 Å². The van der Waals surface area contributed by atoms with Crippen LogP contribution in [0.3, 0.4) is 0 Å². The van der Waals surface area contributed by atoms with E-state index in [9.17, 15) is 14.0 Å². The third-order valence-electron chi connectivity index (χ3n) is 2.81. The van der Waals surface area contributed by atoms with Gasteiger partial charge in [0.15, 0.2) is 0 Å². The van der Waals surface area contributed by atoms with Crippen molar-refractivity contribution in [2.75, 3.05) is 0 Å². The third-order valence-corrected chi connectivity index (χ3v) is 2.81. The zero-order chi connectivity index (χ0) is 13.8. The highest BCUT2D eigenvalue weighted by atomic mass is 19.1. The number of halogens is 1. The van der Waals surface area contributed by atoms with E-state index >= 15 is 0 Å². The highest BCUT2D eigenvalue weighted by Crippen LogP contribution is 2.07. The van der Waals surface area contributed by atoms with Gasteiger partial charge in [-0.1, -0.05) is 18.2 Å². The molecule has 0 saturated heterocycles. The van der Waals surface area contributed by atoms with Crippen LogP contribution in [0.15, 0.2) is 35.3 Å². The van der Waals surface area contributed by atoms with Crippen molar-refractivity contribution in [3.05, 3.63) is 57.8 Å². The van der Waals surface area contributed by atoms with Crippen molar-refractivity contribution >= 4 is 5.97 Å². The molecule has 0 aliphatic heterocycles. The minimum absolute atomic E-state index is 0.0958. The molecule has 0 saturated carbocycles. The smallest absolute Gasteiger partial charge is 0.303 e. The maximum Gasteiger partial charge on any atom is 0.303 e. The van der Waals surface area contributed by atoms with Crippen molar-refractivity contribution in [3.63, 3.8) is 0 Å². The molecule has 0 aliphatic rings. The molecule has 1 aromatic heterocycles. The average Bonchev–Trinajstić information content (AvgIpc) is 2.71. The maximum atomic E-state index is 13.5. The number of hydrogen-bond donors (Lipinski definition) is 2. The summed E-state index contributed by atoms with van der Waals surface area (Å²) in [5.41, 5.74) is 0.472. The number of aliphatic carboxylic acids is 1. The Morgan fingerprint density at radius 1 is 1.32 bits per heavy atom. The Balaban J connectivity index is 2.17. The highest BCUT2D eigenvalue weighted by molar-refractivity contribution is 5.67. The zero-order valence-electron chi connectivity index (χ0n) is 10.1. The summed E-state index contributed by atoms with van der Waals surface area (Å²) in [5.74, 6) is -1.34. The van der Waals surface area contributed by atoms with Gasteiger partial charge in [0.25, 0.3) is 5.56 Å². The maximum absolute atomic E-state index is 13.5. The van der Waals surface area contributed by atoms with Gasteiger partial charge in [-0.15, -0.1) is 0 Å². The van der Waals surface area contributed by atoms with E-state index in [2.05, 4.69) is 5.10 Å². The second kappa shape index (κ2) is 5.51. The van der Waals surface area contributed by atoms with Crippen molar-refractivity contribution in [1.29, 1.82) is 0 Å². The minimum Gasteiger partial charge on any atom is -0.481 e. The van der Waals surface area contributed by atoms with Crippen LogP contribution in [0, 0.1) is 5.82 Å². The first-order valence-electron chi connectivity index (χ1n) is 5.80. The third kappa shape index (κ3) is 3.09. The summed E-state index contributed by atoms with van der Waals surface area (Å²) in [5, 5.41) is 11.3. The normalized spacial score (nSPS) is 10.6. The lowest BCUT2D eigenvalue weighted by atomic mass is 10.2. The van der Waals surface area contributed by atoms with Crippen molar-refractivity contribution in [2.45, 2.75) is 19.4 Å². The van der Waals surface area contributed by atoms with Crippen LogP contribution in [0.2, 0.25) is 0 Å². The van der Waals surface area contributed by atoms with Crippen LogP contribution in [0.1, 0.15) is 17.5 Å². The number of benzene rings is 1. The molecule has 100 valence electrons. The molecule has 0 atom stereocenters. The van der Waals surface area contributed by atoms with Crippen molar-refractivity contribution in [3.8, 4) is 0 Å². The van der Waals surface area contributed by atoms with E-state index in [1.165, 1.54) is 16.9 Å². The molecule has 0 bridgehead atoms. The SMILES string of the molecule is O=C(O)CCc1c[nH]n(Cc2ccccc2F)c1=O. The van der Waals surface area contributed by atoms with Crippen LogP contribution in [-0.4, -0.2) is 20.9 Å². The van der Waals surface area contributed by atoms with E-state index in [4.69, 9.17) is 5.11 Å². The first kappa shape index (κ1) is 13.1. The average molecular weight is 264 g/mol. The Labute approximate surface area is 108 Å². The van der Waals surface area contributed by atoms with E-state index in [1.807, 2.05) is 0 Å². The Morgan fingerprint density at radius 2 is 2.05 bits per heavy atom. The zero-order valence-corrected chi connectivity index (χ0v) is 10.1. The summed E-state index contributed by atoms with van der Waals surface area (Å²) < 4.78 is 14.7. The number of carbonyl (C=O) groups is 1. The van der Waals surface area contributed by atoms with Gasteiger partial charge in [-0.25, -0.2) is 9.07 Å². The molecule has 1 heterocycles. The summed E-state index contributed by atoms with van der Waals surface area (Å²) in [6.45, 7) is 0.0958. The molecule has 5 nitrogen and oxygen atoms in total. The molecule has 1 aromatic carbocycles. The van der Waals surface area contributed by atoms with Gasteiger partial charge in [0, 0.05) is 23.7 Å². The van der Waals surface area contributed by atoms with Crippen LogP contribution in [-0.2, 0) is 17.8 Å². The largest absolute Gasteiger partial charge is 0.481 e. The molecular formula is C13H13FN2O3. The number of carboxylic acids is 1. The van der Waals surface area contributed by atoms with Gasteiger partial charge in [0.1, 0.15) is 5.82 Å². The molecule has 0 radical (unpaired) electrons. The first-order chi connectivity index (χ1) is 9.08. The molecule has 2 N–H and O–H groups in total. The highest BCUT2D eigenvalue weighted by Gasteiger charge is 2.09. The van der Waals surface area contributed by atoms with Gasteiger partial charge in [0.2, 0.25) is 0 Å². The van der Waals surface area contributed by atoms with Gasteiger partial charge < -0.3 is 10.2 Å². The molecule has 6 heteroatoms. The Bertz CT molecular complexity index is 645. The number of aromatic amines is 1. The Morgan fingerprint density at radius 3 is 2.74 bits per heavy atom. The van der Waals surface area contributed by atoms with E-state index in [0.29, 0.717) is 11.1 Å². The van der Waals surface area contributed by atoms with Gasteiger partial charge in [0.05, 0.1) is 6.54 Å². The van der Waals surface area contributed by atoms with E-state index in [0.717, 1.165) is 0 Å². The topological polar surface area (TPSA) is 75.1 Å². The fourth-order valence-corrected chi connectivity index (χ4v) is 1.78. The van der Waals surface area contributed by atoms with Crippen LogP contribution >= 0.6 is 0 Å². The van der Waals surface area contributed by atoms with Crippen LogP contribution < -0.4 is 5.56 Å². The number of carboxylic acid groups (broad SMARTS) is 1. The fourth-order valence-electron chi connectivity index (χ4n) is 1.78. The molecular weight excluding hydrogens is 251 g/mol. The number of hydrogen-bond acceptors (Lipinski definition) is 2. The van der Waals surface area contributed by atoms with Gasteiger partial charge in [-0.3, -0.25) is 9.59 Å². The number of rotatable bonds is 5. The van der Waals surface area contributed by atoms with E-state index in [-0.39, 0.29) is 30.8 Å². The molecule has 0 unspecified atom stereocenters.